The first kappa shape index (κ1) is 12.6. The molecule has 0 bridgehead atoms. The molecule has 1 aromatic carbocycles. The second-order valence-corrected chi connectivity index (χ2v) is 5.85. The smallest absolute Gasteiger partial charge is 0.328 e. The fourth-order valence-corrected chi connectivity index (χ4v) is 2.80. The highest BCUT2D eigenvalue weighted by Gasteiger charge is 2.56. The van der Waals surface area contributed by atoms with E-state index in [0.717, 1.165) is 21.3 Å². The Morgan fingerprint density at radius 3 is 2.42 bits per heavy atom. The summed E-state index contributed by atoms with van der Waals surface area (Å²) >= 11 is 3.52. The number of carbonyl (C=O) groups excluding carboxylic acids is 1. The summed E-state index contributed by atoms with van der Waals surface area (Å²) in [6.07, 6.45) is 0. The van der Waals surface area contributed by atoms with Gasteiger partial charge in [-0.2, -0.15) is 0 Å². The second kappa shape index (κ2) is 4.05. The third kappa shape index (κ3) is 1.63. The number of amides is 2. The molecular formula is C13H14BrN3O2. The lowest BCUT2D eigenvalue weighted by Gasteiger charge is -2.43. The summed E-state index contributed by atoms with van der Waals surface area (Å²) in [6, 6.07) is 3.65. The Morgan fingerprint density at radius 1 is 1.37 bits per heavy atom. The number of benzene rings is 1. The van der Waals surface area contributed by atoms with Gasteiger partial charge in [-0.15, -0.1) is 0 Å². The van der Waals surface area contributed by atoms with E-state index >= 15 is 0 Å². The zero-order valence-corrected chi connectivity index (χ0v) is 12.3. The molecule has 1 aromatic rings. The molecule has 2 saturated heterocycles. The van der Waals surface area contributed by atoms with Gasteiger partial charge in [0.25, 0.3) is 0 Å². The molecule has 2 fully saturated rings. The van der Waals surface area contributed by atoms with Gasteiger partial charge in [-0.05, 0) is 37.1 Å². The predicted molar refractivity (Wildman–Crippen MR) is 75.9 cm³/mol. The number of anilines is 1. The first-order valence-corrected chi connectivity index (χ1v) is 6.80. The third-order valence-electron chi connectivity index (χ3n) is 3.69. The quantitative estimate of drug-likeness (QED) is 0.833. The van der Waals surface area contributed by atoms with Gasteiger partial charge < -0.3 is 4.74 Å². The van der Waals surface area contributed by atoms with Crippen molar-refractivity contribution in [3.63, 3.8) is 0 Å². The van der Waals surface area contributed by atoms with Crippen molar-refractivity contribution in [2.24, 2.45) is 0 Å². The number of hydrogen-bond donors (Lipinski definition) is 2. The third-order valence-corrected chi connectivity index (χ3v) is 4.94. The number of aryl methyl sites for hydroxylation is 2. The number of halogens is 1. The van der Waals surface area contributed by atoms with Crippen molar-refractivity contribution >= 4 is 33.5 Å². The van der Waals surface area contributed by atoms with Crippen LogP contribution in [0.5, 0.6) is 0 Å². The lowest BCUT2D eigenvalue weighted by atomic mass is 9.94. The fraction of sp³-hybridized carbons (Fsp3) is 0.385. The van der Waals surface area contributed by atoms with E-state index in [0.29, 0.717) is 13.2 Å². The highest BCUT2D eigenvalue weighted by molar-refractivity contribution is 9.10. The van der Waals surface area contributed by atoms with Crippen molar-refractivity contribution in [1.82, 2.24) is 5.32 Å². The SMILES string of the molecule is Cc1cc(N2C(=O)NC(=N)C23COC3)cc(C)c1Br. The average Bonchev–Trinajstić information content (AvgIpc) is 2.56. The monoisotopic (exact) mass is 323 g/mol. The molecule has 100 valence electrons. The normalized spacial score (nSPS) is 20.7. The first-order valence-electron chi connectivity index (χ1n) is 6.00. The zero-order valence-electron chi connectivity index (χ0n) is 10.7. The minimum absolute atomic E-state index is 0.224. The lowest BCUT2D eigenvalue weighted by Crippen LogP contribution is -2.63. The van der Waals surface area contributed by atoms with E-state index in [1.807, 2.05) is 26.0 Å². The lowest BCUT2D eigenvalue weighted by molar-refractivity contribution is -0.0157. The molecule has 2 heterocycles. The predicted octanol–water partition coefficient (Wildman–Crippen LogP) is 2.34. The van der Waals surface area contributed by atoms with Crippen molar-refractivity contribution in [2.45, 2.75) is 19.4 Å². The summed E-state index contributed by atoms with van der Waals surface area (Å²) < 4.78 is 6.28. The highest BCUT2D eigenvalue weighted by Crippen LogP contribution is 2.37. The molecule has 0 aromatic heterocycles. The Kier molecular flexibility index (Phi) is 2.69. The topological polar surface area (TPSA) is 65.4 Å². The van der Waals surface area contributed by atoms with E-state index in [4.69, 9.17) is 10.1 Å². The molecule has 1 spiro atoms. The Hall–Kier alpha value is -1.40. The largest absolute Gasteiger partial charge is 0.375 e. The number of hydrogen-bond acceptors (Lipinski definition) is 3. The molecule has 0 aliphatic carbocycles. The van der Waals surface area contributed by atoms with Gasteiger partial charge in [0.05, 0.1) is 13.2 Å². The van der Waals surface area contributed by atoms with Gasteiger partial charge in [0.2, 0.25) is 0 Å². The van der Waals surface area contributed by atoms with Gasteiger partial charge in [0, 0.05) is 10.2 Å². The van der Waals surface area contributed by atoms with Crippen LogP contribution in [0.1, 0.15) is 11.1 Å². The molecule has 0 radical (unpaired) electrons. The summed E-state index contributed by atoms with van der Waals surface area (Å²) in [6.45, 7) is 4.73. The maximum absolute atomic E-state index is 12.1. The number of urea groups is 1. The maximum Gasteiger partial charge on any atom is 0.328 e. The number of carbonyl (C=O) groups is 1. The molecular weight excluding hydrogens is 310 g/mol. The maximum atomic E-state index is 12.1. The van der Waals surface area contributed by atoms with Crippen LogP contribution in [-0.2, 0) is 4.74 Å². The van der Waals surface area contributed by atoms with Gasteiger partial charge >= 0.3 is 6.03 Å². The van der Waals surface area contributed by atoms with Crippen molar-refractivity contribution in [1.29, 1.82) is 5.41 Å². The minimum Gasteiger partial charge on any atom is -0.375 e. The Balaban J connectivity index is 2.10. The van der Waals surface area contributed by atoms with Crippen molar-refractivity contribution < 1.29 is 9.53 Å². The van der Waals surface area contributed by atoms with E-state index in [1.54, 1.807) is 4.90 Å². The summed E-state index contributed by atoms with van der Waals surface area (Å²) in [7, 11) is 0. The van der Waals surface area contributed by atoms with E-state index in [1.165, 1.54) is 0 Å². The second-order valence-electron chi connectivity index (χ2n) is 5.06. The average molecular weight is 324 g/mol. The van der Waals surface area contributed by atoms with Gasteiger partial charge in [0.1, 0.15) is 5.84 Å². The standard InChI is InChI=1S/C13H14BrN3O2/c1-7-3-9(4-8(2)10(7)14)17-12(18)16-11(15)13(17)5-19-6-13/h3-4H,5-6H2,1-2H3,(H2,15,16,18). The van der Waals surface area contributed by atoms with Crippen LogP contribution in [0.25, 0.3) is 0 Å². The summed E-state index contributed by atoms with van der Waals surface area (Å²) in [5.74, 6) is 0.224. The minimum atomic E-state index is -0.635. The van der Waals surface area contributed by atoms with E-state index in [-0.39, 0.29) is 11.9 Å². The Labute approximate surface area is 119 Å². The summed E-state index contributed by atoms with van der Waals surface area (Å²) in [5, 5.41) is 10.5. The molecule has 5 nitrogen and oxygen atoms in total. The van der Waals surface area contributed by atoms with Crippen molar-refractivity contribution in [3.05, 3.63) is 27.7 Å². The van der Waals surface area contributed by atoms with Crippen LogP contribution in [0.4, 0.5) is 10.5 Å². The number of nitrogens with zero attached hydrogens (tertiary/aromatic N) is 1. The molecule has 6 heteroatoms. The molecule has 0 atom stereocenters. The van der Waals surface area contributed by atoms with Crippen molar-refractivity contribution in [2.75, 3.05) is 18.1 Å². The fourth-order valence-electron chi connectivity index (χ4n) is 2.57. The Bertz CT molecular complexity index is 573. The summed E-state index contributed by atoms with van der Waals surface area (Å²) in [5.41, 5.74) is 2.30. The first-order chi connectivity index (χ1) is 8.95. The Morgan fingerprint density at radius 2 is 1.95 bits per heavy atom. The van der Waals surface area contributed by atoms with Gasteiger partial charge in [-0.25, -0.2) is 4.79 Å². The number of amidine groups is 1. The highest BCUT2D eigenvalue weighted by atomic mass is 79.9. The molecule has 2 aliphatic heterocycles. The molecule has 2 amide bonds. The van der Waals surface area contributed by atoms with Crippen LogP contribution in [-0.4, -0.2) is 30.6 Å². The molecule has 2 N–H and O–H groups in total. The molecule has 2 aliphatic rings. The van der Waals surface area contributed by atoms with Crippen LogP contribution < -0.4 is 10.2 Å². The van der Waals surface area contributed by atoms with E-state index < -0.39 is 5.54 Å². The zero-order chi connectivity index (χ0) is 13.8. The van der Waals surface area contributed by atoms with E-state index in [9.17, 15) is 4.79 Å². The van der Waals surface area contributed by atoms with Gasteiger partial charge in [0.15, 0.2) is 5.54 Å². The van der Waals surface area contributed by atoms with Gasteiger partial charge in [-0.1, -0.05) is 15.9 Å². The molecule has 3 rings (SSSR count). The van der Waals surface area contributed by atoms with Crippen LogP contribution >= 0.6 is 15.9 Å². The molecule has 0 saturated carbocycles. The van der Waals surface area contributed by atoms with Gasteiger partial charge in [-0.3, -0.25) is 15.6 Å². The molecule has 0 unspecified atom stereocenters. The van der Waals surface area contributed by atoms with Crippen LogP contribution in [0.2, 0.25) is 0 Å². The summed E-state index contributed by atoms with van der Waals surface area (Å²) in [4.78, 5) is 13.8. The van der Waals surface area contributed by atoms with Crippen LogP contribution in [0.15, 0.2) is 16.6 Å². The number of rotatable bonds is 1. The number of ether oxygens (including phenoxy) is 1. The van der Waals surface area contributed by atoms with E-state index in [2.05, 4.69) is 21.2 Å². The van der Waals surface area contributed by atoms with Crippen LogP contribution in [0.3, 0.4) is 0 Å². The van der Waals surface area contributed by atoms with Crippen LogP contribution in [0, 0.1) is 19.3 Å². The van der Waals surface area contributed by atoms with Crippen molar-refractivity contribution in [3.8, 4) is 0 Å². The molecule has 19 heavy (non-hydrogen) atoms. The number of nitrogens with one attached hydrogen (secondary N) is 2.